The fourth-order valence-electron chi connectivity index (χ4n) is 2.82. The molecule has 0 aliphatic carbocycles. The van der Waals surface area contributed by atoms with Crippen LogP contribution in [-0.4, -0.2) is 14.2 Å². The molecule has 4 aromatic rings. The molecule has 0 bridgehead atoms. The van der Waals surface area contributed by atoms with Gasteiger partial charge in [-0.25, -0.2) is 0 Å². The highest BCUT2D eigenvalue weighted by Crippen LogP contribution is 2.14. The zero-order chi connectivity index (χ0) is 16.0. The normalized spacial score (nSPS) is 11.2. The van der Waals surface area contributed by atoms with E-state index in [0.717, 1.165) is 5.52 Å². The van der Waals surface area contributed by atoms with Crippen LogP contribution in [0.3, 0.4) is 0 Å². The predicted octanol–water partition coefficient (Wildman–Crippen LogP) is 2.21. The molecule has 0 amide bonds. The summed E-state index contributed by atoms with van der Waals surface area (Å²) in [4.78, 5) is 25.2. The van der Waals surface area contributed by atoms with Gasteiger partial charge in [-0.05, 0) is 12.1 Å². The van der Waals surface area contributed by atoms with E-state index in [1.54, 1.807) is 10.6 Å². The SMILES string of the molecule is Cn1c2ccccc2c(=O)n2nc(-c3ccccc3)c(=O)cc12. The van der Waals surface area contributed by atoms with Crippen LogP contribution in [0.5, 0.6) is 0 Å². The minimum absolute atomic E-state index is 0.207. The Bertz CT molecular complexity index is 1160. The van der Waals surface area contributed by atoms with E-state index in [1.807, 2.05) is 55.6 Å². The average Bonchev–Trinajstić information content (AvgIpc) is 2.60. The van der Waals surface area contributed by atoms with Gasteiger partial charge in [-0.1, -0.05) is 42.5 Å². The first-order valence-corrected chi connectivity index (χ1v) is 7.24. The summed E-state index contributed by atoms with van der Waals surface area (Å²) in [7, 11) is 1.82. The van der Waals surface area contributed by atoms with Gasteiger partial charge in [-0.15, -0.1) is 0 Å². The third-order valence-corrected chi connectivity index (χ3v) is 3.99. The van der Waals surface area contributed by atoms with Crippen molar-refractivity contribution in [1.29, 1.82) is 0 Å². The summed E-state index contributed by atoms with van der Waals surface area (Å²) in [6.45, 7) is 0. The Morgan fingerprint density at radius 3 is 2.39 bits per heavy atom. The Morgan fingerprint density at radius 2 is 1.61 bits per heavy atom. The topological polar surface area (TPSA) is 56.4 Å². The lowest BCUT2D eigenvalue weighted by atomic mass is 10.1. The van der Waals surface area contributed by atoms with Crippen LogP contribution in [0, 0.1) is 0 Å². The van der Waals surface area contributed by atoms with Crippen molar-refractivity contribution in [3.63, 3.8) is 0 Å². The van der Waals surface area contributed by atoms with E-state index in [4.69, 9.17) is 0 Å². The highest BCUT2D eigenvalue weighted by Gasteiger charge is 2.12. The van der Waals surface area contributed by atoms with E-state index < -0.39 is 0 Å². The molecule has 2 aromatic carbocycles. The second-order valence-electron chi connectivity index (χ2n) is 5.37. The molecule has 0 N–H and O–H groups in total. The lowest BCUT2D eigenvalue weighted by molar-refractivity contribution is 0.827. The maximum absolute atomic E-state index is 12.7. The Hall–Kier alpha value is -3.21. The van der Waals surface area contributed by atoms with Crippen molar-refractivity contribution in [2.24, 2.45) is 7.05 Å². The van der Waals surface area contributed by atoms with Crippen molar-refractivity contribution in [1.82, 2.24) is 14.2 Å². The summed E-state index contributed by atoms with van der Waals surface area (Å²) in [5.41, 5.74) is 1.77. The Morgan fingerprint density at radius 1 is 0.913 bits per heavy atom. The zero-order valence-corrected chi connectivity index (χ0v) is 12.4. The maximum atomic E-state index is 12.7. The molecule has 0 radical (unpaired) electrons. The van der Waals surface area contributed by atoms with Gasteiger partial charge in [0.05, 0.1) is 10.9 Å². The molecule has 5 heteroatoms. The molecule has 112 valence electrons. The highest BCUT2D eigenvalue weighted by atomic mass is 16.1. The second kappa shape index (κ2) is 4.91. The van der Waals surface area contributed by atoms with E-state index in [0.29, 0.717) is 16.6 Å². The van der Waals surface area contributed by atoms with Gasteiger partial charge in [0.25, 0.3) is 5.56 Å². The smallest absolute Gasteiger partial charge is 0.282 e. The van der Waals surface area contributed by atoms with E-state index >= 15 is 0 Å². The van der Waals surface area contributed by atoms with Gasteiger partial charge >= 0.3 is 0 Å². The molecule has 0 fully saturated rings. The van der Waals surface area contributed by atoms with Gasteiger partial charge < -0.3 is 4.57 Å². The molecule has 0 unspecified atom stereocenters. The first-order chi connectivity index (χ1) is 11.2. The Labute approximate surface area is 131 Å². The van der Waals surface area contributed by atoms with Crippen molar-refractivity contribution in [2.75, 3.05) is 0 Å². The maximum Gasteiger partial charge on any atom is 0.282 e. The predicted molar refractivity (Wildman–Crippen MR) is 89.6 cm³/mol. The summed E-state index contributed by atoms with van der Waals surface area (Å²) in [6.07, 6.45) is 0. The molecule has 23 heavy (non-hydrogen) atoms. The summed E-state index contributed by atoms with van der Waals surface area (Å²) in [5, 5.41) is 4.89. The largest absolute Gasteiger partial charge is 0.328 e. The molecule has 0 saturated carbocycles. The van der Waals surface area contributed by atoms with Crippen molar-refractivity contribution >= 4 is 16.6 Å². The van der Waals surface area contributed by atoms with Gasteiger partial charge in [-0.3, -0.25) is 9.59 Å². The summed E-state index contributed by atoms with van der Waals surface area (Å²) in [6, 6.07) is 17.9. The Balaban J connectivity index is 2.18. The number of hydrogen-bond donors (Lipinski definition) is 0. The van der Waals surface area contributed by atoms with Gasteiger partial charge in [0.15, 0.2) is 0 Å². The molecule has 0 aliphatic rings. The van der Waals surface area contributed by atoms with Crippen molar-refractivity contribution in [2.45, 2.75) is 0 Å². The van der Waals surface area contributed by atoms with Crippen molar-refractivity contribution < 1.29 is 0 Å². The highest BCUT2D eigenvalue weighted by molar-refractivity contribution is 5.80. The van der Waals surface area contributed by atoms with Gasteiger partial charge in [0, 0.05) is 18.7 Å². The van der Waals surface area contributed by atoms with Gasteiger partial charge in [0.2, 0.25) is 5.43 Å². The third kappa shape index (κ3) is 1.97. The van der Waals surface area contributed by atoms with Crippen molar-refractivity contribution in [3.05, 3.63) is 81.2 Å². The van der Waals surface area contributed by atoms with Crippen LogP contribution in [-0.2, 0) is 7.05 Å². The molecule has 5 nitrogen and oxygen atoms in total. The molecular formula is C18H13N3O2. The van der Waals surface area contributed by atoms with Gasteiger partial charge in [-0.2, -0.15) is 9.61 Å². The molecule has 2 aromatic heterocycles. The van der Waals surface area contributed by atoms with E-state index in [2.05, 4.69) is 5.10 Å². The molecule has 0 aliphatic heterocycles. The second-order valence-corrected chi connectivity index (χ2v) is 5.37. The van der Waals surface area contributed by atoms with E-state index in [1.165, 1.54) is 10.6 Å². The van der Waals surface area contributed by atoms with Crippen molar-refractivity contribution in [3.8, 4) is 11.3 Å². The number of rotatable bonds is 1. The lowest BCUT2D eigenvalue weighted by Gasteiger charge is -2.11. The lowest BCUT2D eigenvalue weighted by Crippen LogP contribution is -2.24. The van der Waals surface area contributed by atoms with E-state index in [9.17, 15) is 9.59 Å². The molecule has 0 atom stereocenters. The molecule has 4 rings (SSSR count). The van der Waals surface area contributed by atoms with E-state index in [-0.39, 0.29) is 16.7 Å². The summed E-state index contributed by atoms with van der Waals surface area (Å²) < 4.78 is 3.10. The fourth-order valence-corrected chi connectivity index (χ4v) is 2.82. The molecular weight excluding hydrogens is 290 g/mol. The van der Waals surface area contributed by atoms with Crippen LogP contribution in [0.1, 0.15) is 0 Å². The van der Waals surface area contributed by atoms with Crippen LogP contribution >= 0.6 is 0 Å². The number of benzene rings is 2. The average molecular weight is 303 g/mol. The van der Waals surface area contributed by atoms with Gasteiger partial charge in [0.1, 0.15) is 11.3 Å². The number of nitrogens with zero attached hydrogens (tertiary/aromatic N) is 3. The minimum Gasteiger partial charge on any atom is -0.328 e. The fraction of sp³-hybridized carbons (Fsp3) is 0.0556. The van der Waals surface area contributed by atoms with Crippen LogP contribution < -0.4 is 11.0 Å². The first kappa shape index (κ1) is 13.5. The van der Waals surface area contributed by atoms with Crippen LogP contribution in [0.15, 0.2) is 70.3 Å². The standard InChI is InChI=1S/C18H13N3O2/c1-20-14-10-6-5-9-13(14)18(23)21-16(20)11-15(22)17(19-21)12-7-3-2-4-8-12/h2-11H,1H3. The third-order valence-electron chi connectivity index (χ3n) is 3.99. The number of hydrogen-bond acceptors (Lipinski definition) is 3. The Kier molecular flexibility index (Phi) is 2.87. The number of aromatic nitrogens is 3. The zero-order valence-electron chi connectivity index (χ0n) is 12.4. The summed E-state index contributed by atoms with van der Waals surface area (Å²) >= 11 is 0. The first-order valence-electron chi connectivity index (χ1n) is 7.24. The van der Waals surface area contributed by atoms with Crippen LogP contribution in [0.2, 0.25) is 0 Å². The number of fused-ring (bicyclic) bond motifs is 2. The quantitative estimate of drug-likeness (QED) is 0.507. The molecule has 0 spiro atoms. The number of aryl methyl sites for hydroxylation is 1. The van der Waals surface area contributed by atoms with Crippen LogP contribution in [0.25, 0.3) is 27.8 Å². The number of para-hydroxylation sites is 1. The minimum atomic E-state index is -0.231. The molecule has 2 heterocycles. The summed E-state index contributed by atoms with van der Waals surface area (Å²) in [5.74, 6) is 0. The monoisotopic (exact) mass is 303 g/mol. The van der Waals surface area contributed by atoms with Crippen LogP contribution in [0.4, 0.5) is 0 Å². The molecule has 0 saturated heterocycles.